The van der Waals surface area contributed by atoms with Crippen LogP contribution in [0.3, 0.4) is 0 Å². The Morgan fingerprint density at radius 1 is 1.75 bits per heavy atom. The summed E-state index contributed by atoms with van der Waals surface area (Å²) in [6, 6.07) is 0. The topological polar surface area (TPSA) is 24.4 Å². The molecule has 2 heteroatoms. The molecule has 0 saturated carbocycles. The minimum absolute atomic E-state index is 0.623. The van der Waals surface area contributed by atoms with Gasteiger partial charge in [-0.05, 0) is 26.2 Å². The highest BCUT2D eigenvalue weighted by Gasteiger charge is 1.94. The van der Waals surface area contributed by atoms with Gasteiger partial charge in [0.05, 0.1) is 0 Å². The van der Waals surface area contributed by atoms with Gasteiger partial charge in [-0.15, -0.1) is 0 Å². The number of nitrogens with zero attached hydrogens (tertiary/aromatic N) is 1. The van der Waals surface area contributed by atoms with Crippen LogP contribution in [-0.4, -0.2) is 26.9 Å². The molecule has 0 aliphatic rings. The second-order valence-corrected chi connectivity index (χ2v) is 2.07. The van der Waals surface area contributed by atoms with Crippen LogP contribution < -0.4 is 5.32 Å². The van der Waals surface area contributed by atoms with E-state index in [9.17, 15) is 0 Å². The average molecular weight is 114 g/mol. The van der Waals surface area contributed by atoms with Crippen molar-refractivity contribution < 1.29 is 0 Å². The van der Waals surface area contributed by atoms with Crippen LogP contribution in [0, 0.1) is 5.92 Å². The van der Waals surface area contributed by atoms with Crippen molar-refractivity contribution >= 4 is 6.72 Å². The van der Waals surface area contributed by atoms with Crippen molar-refractivity contribution in [3.8, 4) is 0 Å². The standard InChI is InChI=1S/C6H14N2/c1-6(4-7-2)5-8-3/h6,8H,2,4-5H2,1,3H3. The van der Waals surface area contributed by atoms with Gasteiger partial charge >= 0.3 is 0 Å². The zero-order valence-corrected chi connectivity index (χ0v) is 5.65. The highest BCUT2D eigenvalue weighted by molar-refractivity contribution is 5.23. The van der Waals surface area contributed by atoms with Crippen molar-refractivity contribution in [2.75, 3.05) is 20.1 Å². The molecule has 8 heavy (non-hydrogen) atoms. The summed E-state index contributed by atoms with van der Waals surface area (Å²) in [7, 11) is 1.94. The Labute approximate surface area is 51.0 Å². The second-order valence-electron chi connectivity index (χ2n) is 2.07. The minimum Gasteiger partial charge on any atom is -0.319 e. The van der Waals surface area contributed by atoms with Gasteiger partial charge in [-0.1, -0.05) is 6.92 Å². The molecule has 0 radical (unpaired) electrons. The van der Waals surface area contributed by atoms with Gasteiger partial charge in [0, 0.05) is 6.54 Å². The summed E-state index contributed by atoms with van der Waals surface area (Å²) in [6.07, 6.45) is 0. The van der Waals surface area contributed by atoms with Gasteiger partial charge in [-0.2, -0.15) is 0 Å². The third-order valence-corrected chi connectivity index (χ3v) is 0.993. The summed E-state index contributed by atoms with van der Waals surface area (Å²) < 4.78 is 0. The summed E-state index contributed by atoms with van der Waals surface area (Å²) in [5.74, 6) is 0.623. The van der Waals surface area contributed by atoms with Crippen molar-refractivity contribution in [2.24, 2.45) is 10.9 Å². The summed E-state index contributed by atoms with van der Waals surface area (Å²) >= 11 is 0. The molecule has 0 amide bonds. The molecular weight excluding hydrogens is 100 g/mol. The molecule has 0 heterocycles. The maximum absolute atomic E-state index is 3.76. The quantitative estimate of drug-likeness (QED) is 0.530. The van der Waals surface area contributed by atoms with Gasteiger partial charge in [0.15, 0.2) is 0 Å². The van der Waals surface area contributed by atoms with E-state index in [0.717, 1.165) is 13.1 Å². The van der Waals surface area contributed by atoms with Crippen LogP contribution in [0.5, 0.6) is 0 Å². The summed E-state index contributed by atoms with van der Waals surface area (Å²) in [5, 5.41) is 3.06. The van der Waals surface area contributed by atoms with Crippen LogP contribution in [0.15, 0.2) is 4.99 Å². The first-order valence-electron chi connectivity index (χ1n) is 2.88. The molecule has 0 aromatic rings. The lowest BCUT2D eigenvalue weighted by Gasteiger charge is -2.04. The Bertz CT molecular complexity index is 61.5. The van der Waals surface area contributed by atoms with Crippen LogP contribution in [-0.2, 0) is 0 Å². The molecule has 1 N–H and O–H groups in total. The van der Waals surface area contributed by atoms with E-state index in [1.807, 2.05) is 7.05 Å². The molecule has 0 spiro atoms. The van der Waals surface area contributed by atoms with E-state index in [-0.39, 0.29) is 0 Å². The fourth-order valence-corrected chi connectivity index (χ4v) is 0.633. The lowest BCUT2D eigenvalue weighted by atomic mass is 10.2. The Morgan fingerprint density at radius 2 is 2.38 bits per heavy atom. The first kappa shape index (κ1) is 7.63. The molecule has 0 aromatic carbocycles. The maximum atomic E-state index is 3.76. The van der Waals surface area contributed by atoms with Crippen molar-refractivity contribution in [1.82, 2.24) is 5.32 Å². The Morgan fingerprint density at radius 3 is 2.75 bits per heavy atom. The summed E-state index contributed by atoms with van der Waals surface area (Å²) in [4.78, 5) is 3.76. The molecule has 1 atom stereocenters. The molecule has 0 aliphatic heterocycles. The average Bonchev–Trinajstić information content (AvgIpc) is 1.68. The van der Waals surface area contributed by atoms with Gasteiger partial charge in [-0.25, -0.2) is 0 Å². The first-order valence-corrected chi connectivity index (χ1v) is 2.88. The van der Waals surface area contributed by atoms with Crippen LogP contribution in [0.4, 0.5) is 0 Å². The predicted molar refractivity (Wildman–Crippen MR) is 37.5 cm³/mol. The first-order chi connectivity index (χ1) is 3.81. The largest absolute Gasteiger partial charge is 0.319 e. The second kappa shape index (κ2) is 4.78. The third-order valence-electron chi connectivity index (χ3n) is 0.993. The SMILES string of the molecule is C=NCC(C)CNC. The Hall–Kier alpha value is -0.370. The van der Waals surface area contributed by atoms with Gasteiger partial charge in [0.2, 0.25) is 0 Å². The molecule has 0 aliphatic carbocycles. The molecule has 1 unspecified atom stereocenters. The molecule has 0 saturated heterocycles. The molecule has 0 bridgehead atoms. The molecular formula is C6H14N2. The van der Waals surface area contributed by atoms with Crippen LogP contribution in [0.1, 0.15) is 6.92 Å². The lowest BCUT2D eigenvalue weighted by molar-refractivity contribution is 0.557. The van der Waals surface area contributed by atoms with Crippen LogP contribution >= 0.6 is 0 Å². The van der Waals surface area contributed by atoms with E-state index in [1.165, 1.54) is 0 Å². The summed E-state index contributed by atoms with van der Waals surface area (Å²) in [6.45, 7) is 7.44. The van der Waals surface area contributed by atoms with Crippen LogP contribution in [0.2, 0.25) is 0 Å². The van der Waals surface area contributed by atoms with E-state index in [2.05, 4.69) is 24.0 Å². The zero-order chi connectivity index (χ0) is 6.41. The maximum Gasteiger partial charge on any atom is 0.0419 e. The van der Waals surface area contributed by atoms with E-state index >= 15 is 0 Å². The van der Waals surface area contributed by atoms with E-state index in [4.69, 9.17) is 0 Å². The van der Waals surface area contributed by atoms with Gasteiger partial charge in [0.1, 0.15) is 0 Å². The van der Waals surface area contributed by atoms with E-state index < -0.39 is 0 Å². The number of aliphatic imine (C=N–C) groups is 1. The Kier molecular flexibility index (Phi) is 4.56. The normalized spacial score (nSPS) is 13.2. The molecule has 0 fully saturated rings. The van der Waals surface area contributed by atoms with E-state index in [0.29, 0.717) is 5.92 Å². The lowest BCUT2D eigenvalue weighted by Crippen LogP contribution is -2.17. The van der Waals surface area contributed by atoms with Crippen molar-refractivity contribution in [1.29, 1.82) is 0 Å². The van der Waals surface area contributed by atoms with E-state index in [1.54, 1.807) is 0 Å². The highest BCUT2D eigenvalue weighted by atomic mass is 14.8. The molecule has 2 nitrogen and oxygen atoms in total. The smallest absolute Gasteiger partial charge is 0.0419 e. The molecule has 0 rings (SSSR count). The number of hydrogen-bond donors (Lipinski definition) is 1. The Balaban J connectivity index is 3.03. The minimum atomic E-state index is 0.623. The van der Waals surface area contributed by atoms with Gasteiger partial charge < -0.3 is 10.3 Å². The predicted octanol–water partition coefficient (Wildman–Crippen LogP) is 0.542. The van der Waals surface area contributed by atoms with Crippen molar-refractivity contribution in [3.63, 3.8) is 0 Å². The third kappa shape index (κ3) is 3.81. The number of hydrogen-bond acceptors (Lipinski definition) is 2. The van der Waals surface area contributed by atoms with Gasteiger partial charge in [0.25, 0.3) is 0 Å². The number of rotatable bonds is 4. The van der Waals surface area contributed by atoms with Crippen molar-refractivity contribution in [3.05, 3.63) is 0 Å². The zero-order valence-electron chi connectivity index (χ0n) is 5.65. The summed E-state index contributed by atoms with van der Waals surface area (Å²) in [5.41, 5.74) is 0. The fraction of sp³-hybridized carbons (Fsp3) is 0.833. The van der Waals surface area contributed by atoms with Crippen molar-refractivity contribution in [2.45, 2.75) is 6.92 Å². The number of nitrogens with one attached hydrogen (secondary N) is 1. The van der Waals surface area contributed by atoms with Gasteiger partial charge in [-0.3, -0.25) is 0 Å². The van der Waals surface area contributed by atoms with Crippen LogP contribution in [0.25, 0.3) is 0 Å². The molecule has 48 valence electrons. The highest BCUT2D eigenvalue weighted by Crippen LogP contribution is 1.90. The fourth-order valence-electron chi connectivity index (χ4n) is 0.633. The monoisotopic (exact) mass is 114 g/mol. The molecule has 0 aromatic heterocycles.